The number of alkyl halides is 3. The Kier molecular flexibility index (Phi) is 5.49. The molecule has 1 aromatic heterocycles. The first kappa shape index (κ1) is 23.5. The number of aromatic nitrogens is 1. The number of rotatable bonds is 4. The Hall–Kier alpha value is -4.29. The Morgan fingerprint density at radius 3 is 2.56 bits per heavy atom. The lowest BCUT2D eigenvalue weighted by Crippen LogP contribution is -2.47. The molecule has 13 heteroatoms. The summed E-state index contributed by atoms with van der Waals surface area (Å²) in [4.78, 5) is 39.3. The SMILES string of the molecule is NC(=O)n1cc(NC(=O)N2[C@@H]3CC3C[C@H]2C(=O)Nc2cccc(OC(F)(F)F)c2)c2ccc(F)cc21. The minimum absolute atomic E-state index is 0.0780. The molecule has 2 fully saturated rings. The molecule has 1 aliphatic heterocycles. The fourth-order valence-corrected chi connectivity index (χ4v) is 4.64. The second kappa shape index (κ2) is 8.43. The summed E-state index contributed by atoms with van der Waals surface area (Å²) < 4.78 is 56.1. The lowest BCUT2D eigenvalue weighted by Gasteiger charge is -2.27. The van der Waals surface area contributed by atoms with Crippen molar-refractivity contribution >= 4 is 40.2 Å². The first-order valence-corrected chi connectivity index (χ1v) is 10.9. The highest BCUT2D eigenvalue weighted by molar-refractivity contribution is 6.06. The maximum atomic E-state index is 13.7. The zero-order chi connectivity index (χ0) is 25.8. The summed E-state index contributed by atoms with van der Waals surface area (Å²) in [7, 11) is 0. The number of halogens is 4. The molecule has 2 heterocycles. The molecule has 4 N–H and O–H groups in total. The molecule has 0 bridgehead atoms. The first-order chi connectivity index (χ1) is 17.0. The summed E-state index contributed by atoms with van der Waals surface area (Å²) >= 11 is 0. The third-order valence-electron chi connectivity index (χ3n) is 6.22. The Bertz CT molecular complexity index is 1390. The van der Waals surface area contributed by atoms with Crippen LogP contribution >= 0.6 is 0 Å². The minimum Gasteiger partial charge on any atom is -0.406 e. The Balaban J connectivity index is 1.34. The number of urea groups is 1. The molecule has 1 saturated heterocycles. The number of anilines is 2. The number of carbonyl (C=O) groups excluding carboxylic acids is 3. The molecule has 36 heavy (non-hydrogen) atoms. The van der Waals surface area contributed by atoms with E-state index < -0.39 is 41.9 Å². The number of benzene rings is 2. The quantitative estimate of drug-likeness (QED) is 0.460. The summed E-state index contributed by atoms with van der Waals surface area (Å²) in [6.07, 6.45) is -2.52. The highest BCUT2D eigenvalue weighted by atomic mass is 19.4. The van der Waals surface area contributed by atoms with E-state index in [2.05, 4.69) is 15.4 Å². The predicted molar refractivity (Wildman–Crippen MR) is 120 cm³/mol. The van der Waals surface area contributed by atoms with E-state index in [0.29, 0.717) is 18.2 Å². The van der Waals surface area contributed by atoms with Gasteiger partial charge in [-0.1, -0.05) is 6.07 Å². The number of carbonyl (C=O) groups is 3. The van der Waals surface area contributed by atoms with Gasteiger partial charge < -0.3 is 26.0 Å². The lowest BCUT2D eigenvalue weighted by molar-refractivity contribution is -0.274. The Morgan fingerprint density at radius 1 is 1.06 bits per heavy atom. The zero-order valence-electron chi connectivity index (χ0n) is 18.4. The van der Waals surface area contributed by atoms with Crippen LogP contribution in [0.1, 0.15) is 12.8 Å². The molecule has 0 radical (unpaired) electrons. The second-order valence-electron chi connectivity index (χ2n) is 8.63. The van der Waals surface area contributed by atoms with Crippen LogP contribution < -0.4 is 21.1 Å². The van der Waals surface area contributed by atoms with Crippen LogP contribution in [-0.2, 0) is 4.79 Å². The van der Waals surface area contributed by atoms with E-state index >= 15 is 0 Å². The summed E-state index contributed by atoms with van der Waals surface area (Å²) in [5, 5.41) is 5.59. The van der Waals surface area contributed by atoms with Gasteiger partial charge in [0.15, 0.2) is 0 Å². The van der Waals surface area contributed by atoms with Gasteiger partial charge in [-0.3, -0.25) is 9.36 Å². The van der Waals surface area contributed by atoms with Gasteiger partial charge in [-0.05, 0) is 49.1 Å². The van der Waals surface area contributed by atoms with Gasteiger partial charge in [-0.25, -0.2) is 14.0 Å². The molecule has 1 saturated carbocycles. The van der Waals surface area contributed by atoms with Crippen molar-refractivity contribution in [1.82, 2.24) is 9.47 Å². The lowest BCUT2D eigenvalue weighted by atomic mass is 10.1. The third-order valence-corrected chi connectivity index (χ3v) is 6.22. The van der Waals surface area contributed by atoms with E-state index in [9.17, 15) is 31.9 Å². The van der Waals surface area contributed by atoms with E-state index in [1.54, 1.807) is 0 Å². The average Bonchev–Trinajstić information content (AvgIpc) is 3.29. The van der Waals surface area contributed by atoms with Crippen LogP contribution in [0.5, 0.6) is 5.75 Å². The number of primary amides is 1. The number of nitrogens with one attached hydrogen (secondary N) is 2. The topological polar surface area (TPSA) is 119 Å². The standard InChI is InChI=1S/C23H19F4N5O4/c24-12-4-5-15-16(10-31(21(28)34)18(15)8-12)30-22(35)32-17-6-11(17)7-19(32)20(33)29-13-2-1-3-14(9-13)36-23(25,26)27/h1-5,8-11,17,19H,6-7H2,(H2,28,34)(H,29,33)(H,30,35)/t11?,17-,19+/m1/s1. The van der Waals surface area contributed by atoms with Crippen LogP contribution in [0.15, 0.2) is 48.7 Å². The van der Waals surface area contributed by atoms with Crippen molar-refractivity contribution in [3.63, 3.8) is 0 Å². The molecule has 1 aliphatic carbocycles. The molecular formula is C23H19F4N5O4. The smallest absolute Gasteiger partial charge is 0.406 e. The molecule has 9 nitrogen and oxygen atoms in total. The molecule has 2 aromatic carbocycles. The fraction of sp³-hybridized carbons (Fsp3) is 0.261. The summed E-state index contributed by atoms with van der Waals surface area (Å²) in [5.74, 6) is -1.54. The first-order valence-electron chi connectivity index (χ1n) is 10.9. The van der Waals surface area contributed by atoms with Crippen LogP contribution in [0.2, 0.25) is 0 Å². The average molecular weight is 505 g/mol. The van der Waals surface area contributed by atoms with Crippen molar-refractivity contribution in [1.29, 1.82) is 0 Å². The van der Waals surface area contributed by atoms with Crippen molar-refractivity contribution in [2.45, 2.75) is 31.3 Å². The zero-order valence-corrected chi connectivity index (χ0v) is 18.4. The summed E-state index contributed by atoms with van der Waals surface area (Å²) in [6.45, 7) is 0. The maximum Gasteiger partial charge on any atom is 0.573 e. The number of likely N-dealkylation sites (tertiary alicyclic amines) is 1. The van der Waals surface area contributed by atoms with Crippen LogP contribution in [0, 0.1) is 11.7 Å². The number of amides is 4. The normalized spacial score (nSPS) is 20.7. The van der Waals surface area contributed by atoms with Crippen LogP contribution in [0.4, 0.5) is 38.5 Å². The third kappa shape index (κ3) is 4.51. The van der Waals surface area contributed by atoms with Gasteiger partial charge in [0.25, 0.3) is 0 Å². The predicted octanol–water partition coefficient (Wildman–Crippen LogP) is 4.24. The number of piperidine rings is 1. The van der Waals surface area contributed by atoms with E-state index in [4.69, 9.17) is 5.73 Å². The Morgan fingerprint density at radius 2 is 1.83 bits per heavy atom. The number of nitrogens with zero attached hydrogens (tertiary/aromatic N) is 2. The fourth-order valence-electron chi connectivity index (χ4n) is 4.64. The van der Waals surface area contributed by atoms with Crippen molar-refractivity contribution in [3.8, 4) is 5.75 Å². The van der Waals surface area contributed by atoms with Gasteiger partial charge >= 0.3 is 18.4 Å². The number of ether oxygens (including phenoxy) is 1. The van der Waals surface area contributed by atoms with Crippen molar-refractivity contribution in [3.05, 3.63) is 54.5 Å². The summed E-state index contributed by atoms with van der Waals surface area (Å²) in [6, 6.07) is 5.97. The molecule has 188 valence electrons. The van der Waals surface area contributed by atoms with E-state index in [1.165, 1.54) is 35.4 Å². The van der Waals surface area contributed by atoms with Crippen LogP contribution in [0.25, 0.3) is 10.9 Å². The molecule has 2 aliphatic rings. The highest BCUT2D eigenvalue weighted by Crippen LogP contribution is 2.48. The maximum absolute atomic E-state index is 13.7. The van der Waals surface area contributed by atoms with Gasteiger partial charge in [0, 0.05) is 29.4 Å². The molecule has 1 unspecified atom stereocenters. The number of hydrogen-bond donors (Lipinski definition) is 3. The number of nitrogens with two attached hydrogens (primary N) is 1. The largest absolute Gasteiger partial charge is 0.573 e. The molecular weight excluding hydrogens is 486 g/mol. The van der Waals surface area contributed by atoms with Crippen molar-refractivity contribution < 1.29 is 36.7 Å². The van der Waals surface area contributed by atoms with Crippen molar-refractivity contribution in [2.75, 3.05) is 10.6 Å². The van der Waals surface area contributed by atoms with Gasteiger partial charge in [0.1, 0.15) is 17.6 Å². The Labute approximate surface area is 200 Å². The van der Waals surface area contributed by atoms with Gasteiger partial charge in [-0.15, -0.1) is 13.2 Å². The summed E-state index contributed by atoms with van der Waals surface area (Å²) in [5.41, 5.74) is 5.81. The number of fused-ring (bicyclic) bond motifs is 2. The monoisotopic (exact) mass is 505 g/mol. The van der Waals surface area contributed by atoms with Crippen LogP contribution in [0.3, 0.4) is 0 Å². The second-order valence-corrected chi connectivity index (χ2v) is 8.63. The molecule has 3 atom stereocenters. The van der Waals surface area contributed by atoms with Gasteiger partial charge in [0.2, 0.25) is 5.91 Å². The van der Waals surface area contributed by atoms with E-state index in [-0.39, 0.29) is 28.9 Å². The highest BCUT2D eigenvalue weighted by Gasteiger charge is 2.56. The van der Waals surface area contributed by atoms with E-state index in [0.717, 1.165) is 22.8 Å². The molecule has 4 amide bonds. The van der Waals surface area contributed by atoms with Crippen molar-refractivity contribution in [2.24, 2.45) is 11.7 Å². The van der Waals surface area contributed by atoms with Gasteiger partial charge in [0.05, 0.1) is 11.2 Å². The van der Waals surface area contributed by atoms with Crippen LogP contribution in [-0.4, -0.2) is 45.9 Å². The molecule has 0 spiro atoms. The number of hydrogen-bond acceptors (Lipinski definition) is 4. The van der Waals surface area contributed by atoms with E-state index in [1.807, 2.05) is 0 Å². The van der Waals surface area contributed by atoms with Gasteiger partial charge in [-0.2, -0.15) is 0 Å². The minimum atomic E-state index is -4.88. The molecule has 5 rings (SSSR count). The molecule has 3 aromatic rings.